The highest BCUT2D eigenvalue weighted by Gasteiger charge is 2.16. The van der Waals surface area contributed by atoms with E-state index in [-0.39, 0.29) is 6.42 Å². The molecule has 0 aromatic rings. The summed E-state index contributed by atoms with van der Waals surface area (Å²) in [7, 11) is 1.73. The molecule has 0 radical (unpaired) electrons. The third-order valence-corrected chi connectivity index (χ3v) is 2.10. The number of allylic oxidation sites excluding steroid dienone is 4. The molecule has 0 heterocycles. The molecule has 3 heteroatoms. The van der Waals surface area contributed by atoms with Crippen LogP contribution in [-0.2, 0) is 0 Å². The molecule has 0 saturated heterocycles. The summed E-state index contributed by atoms with van der Waals surface area (Å²) in [6.45, 7) is 1.97. The van der Waals surface area contributed by atoms with Crippen LogP contribution in [0.25, 0.3) is 0 Å². The summed E-state index contributed by atoms with van der Waals surface area (Å²) in [4.78, 5) is 0. The van der Waals surface area contributed by atoms with Gasteiger partial charge in [0.1, 0.15) is 12.0 Å². The van der Waals surface area contributed by atoms with Crippen LogP contribution in [0.15, 0.2) is 35.3 Å². The summed E-state index contributed by atoms with van der Waals surface area (Å²) in [5.74, 6) is -0.474. The number of hydrogen-bond acceptors (Lipinski definition) is 1. The Bertz CT molecular complexity index is 290. The highest BCUT2D eigenvalue weighted by atomic mass is 19.1. The van der Waals surface area contributed by atoms with Gasteiger partial charge >= 0.3 is 0 Å². The Morgan fingerprint density at radius 1 is 1.71 bits per heavy atom. The van der Waals surface area contributed by atoms with Crippen molar-refractivity contribution in [1.29, 1.82) is 0 Å². The maximum absolute atomic E-state index is 13.3. The highest BCUT2D eigenvalue weighted by Crippen LogP contribution is 2.26. The van der Waals surface area contributed by atoms with Gasteiger partial charge in [0.25, 0.3) is 0 Å². The quantitative estimate of drug-likeness (QED) is 0.736. The summed E-state index contributed by atoms with van der Waals surface area (Å²) in [5, 5.41) is 2.91. The highest BCUT2D eigenvalue weighted by molar-refractivity contribution is 5.44. The van der Waals surface area contributed by atoms with Gasteiger partial charge in [-0.1, -0.05) is 19.1 Å². The van der Waals surface area contributed by atoms with Crippen molar-refractivity contribution in [2.24, 2.45) is 0 Å². The van der Waals surface area contributed by atoms with Crippen LogP contribution in [0.4, 0.5) is 8.78 Å². The van der Waals surface area contributed by atoms with Gasteiger partial charge in [-0.3, -0.25) is 0 Å². The second-order valence-electron chi connectivity index (χ2n) is 3.16. The second kappa shape index (κ2) is 4.94. The maximum Gasteiger partial charge on any atom is 0.131 e. The lowest BCUT2D eigenvalue weighted by atomic mass is 10.0. The van der Waals surface area contributed by atoms with Crippen molar-refractivity contribution < 1.29 is 8.78 Å². The van der Waals surface area contributed by atoms with Crippen LogP contribution >= 0.6 is 0 Å². The van der Waals surface area contributed by atoms with E-state index in [0.29, 0.717) is 5.57 Å². The molecule has 0 saturated carbocycles. The van der Waals surface area contributed by atoms with Gasteiger partial charge in [0.2, 0.25) is 0 Å². The van der Waals surface area contributed by atoms with E-state index in [2.05, 4.69) is 5.32 Å². The van der Waals surface area contributed by atoms with Crippen molar-refractivity contribution in [3.05, 3.63) is 35.3 Å². The first-order chi connectivity index (χ1) is 6.69. The number of halogens is 2. The molecular formula is C11H15F2N. The molecule has 0 aromatic carbocycles. The summed E-state index contributed by atoms with van der Waals surface area (Å²) in [6.07, 6.45) is 4.40. The fourth-order valence-electron chi connectivity index (χ4n) is 1.43. The Labute approximate surface area is 83.2 Å². The average Bonchev–Trinajstić information content (AvgIpc) is 2.15. The van der Waals surface area contributed by atoms with Crippen LogP contribution in [0.1, 0.15) is 19.8 Å². The molecule has 1 rings (SSSR count). The minimum absolute atomic E-state index is 0.255. The van der Waals surface area contributed by atoms with Crippen molar-refractivity contribution in [1.82, 2.24) is 5.32 Å². The summed E-state index contributed by atoms with van der Waals surface area (Å²) in [6, 6.07) is 0. The lowest BCUT2D eigenvalue weighted by Crippen LogP contribution is -2.12. The molecule has 0 aromatic heterocycles. The van der Waals surface area contributed by atoms with Crippen LogP contribution in [0, 0.1) is 0 Å². The van der Waals surface area contributed by atoms with E-state index in [4.69, 9.17) is 0 Å². The largest absolute Gasteiger partial charge is 0.388 e. The Morgan fingerprint density at radius 2 is 2.43 bits per heavy atom. The van der Waals surface area contributed by atoms with Gasteiger partial charge < -0.3 is 5.32 Å². The molecule has 1 N–H and O–H groups in total. The number of likely N-dealkylation sites (N-methyl/N-ethyl adjacent to an activating group) is 1. The van der Waals surface area contributed by atoms with E-state index in [9.17, 15) is 8.78 Å². The van der Waals surface area contributed by atoms with Crippen LogP contribution in [0.2, 0.25) is 0 Å². The van der Waals surface area contributed by atoms with Gasteiger partial charge in [-0.15, -0.1) is 0 Å². The molecule has 0 bridgehead atoms. The van der Waals surface area contributed by atoms with E-state index >= 15 is 0 Å². The monoisotopic (exact) mass is 199 g/mol. The Hall–Kier alpha value is -1.12. The van der Waals surface area contributed by atoms with Crippen molar-refractivity contribution in [2.75, 3.05) is 7.05 Å². The van der Waals surface area contributed by atoms with E-state index in [0.717, 1.165) is 18.2 Å². The molecule has 0 spiro atoms. The van der Waals surface area contributed by atoms with Crippen molar-refractivity contribution in [3.8, 4) is 0 Å². The Morgan fingerprint density at radius 3 is 2.93 bits per heavy atom. The van der Waals surface area contributed by atoms with E-state index in [1.54, 1.807) is 13.1 Å². The molecule has 14 heavy (non-hydrogen) atoms. The average molecular weight is 199 g/mol. The smallest absolute Gasteiger partial charge is 0.131 e. The fourth-order valence-corrected chi connectivity index (χ4v) is 1.43. The molecular weight excluding hydrogens is 184 g/mol. The first-order valence-corrected chi connectivity index (χ1v) is 4.79. The minimum atomic E-state index is -1.18. The molecule has 0 amide bonds. The summed E-state index contributed by atoms with van der Waals surface area (Å²) < 4.78 is 26.1. The van der Waals surface area contributed by atoms with Crippen LogP contribution in [0.5, 0.6) is 0 Å². The van der Waals surface area contributed by atoms with Gasteiger partial charge in [-0.05, 0) is 12.5 Å². The third kappa shape index (κ3) is 2.44. The van der Waals surface area contributed by atoms with Crippen molar-refractivity contribution in [3.63, 3.8) is 0 Å². The van der Waals surface area contributed by atoms with E-state index in [1.165, 1.54) is 0 Å². The zero-order chi connectivity index (χ0) is 10.6. The number of alkyl halides is 1. The predicted octanol–water partition coefficient (Wildman–Crippen LogP) is 3.02. The van der Waals surface area contributed by atoms with Crippen LogP contribution < -0.4 is 5.32 Å². The van der Waals surface area contributed by atoms with E-state index < -0.39 is 12.0 Å². The minimum Gasteiger partial charge on any atom is -0.388 e. The maximum atomic E-state index is 13.3. The first-order valence-electron chi connectivity index (χ1n) is 4.79. The molecule has 1 nitrogen and oxygen atoms in total. The summed E-state index contributed by atoms with van der Waals surface area (Å²) in [5.41, 5.74) is 1.21. The van der Waals surface area contributed by atoms with Crippen LogP contribution in [-0.4, -0.2) is 13.2 Å². The standard InChI is InChI=1S/C11H15F2N/c1-3-4-11(14-2)9-6-5-8(12)7-10(9)13/h4,6-8,14H,3,5H2,1-2H3/b11-4-. The molecule has 1 atom stereocenters. The van der Waals surface area contributed by atoms with Gasteiger partial charge in [0.15, 0.2) is 0 Å². The van der Waals surface area contributed by atoms with Crippen molar-refractivity contribution in [2.45, 2.75) is 25.9 Å². The predicted molar refractivity (Wildman–Crippen MR) is 54.2 cm³/mol. The van der Waals surface area contributed by atoms with Gasteiger partial charge in [0, 0.05) is 24.7 Å². The summed E-state index contributed by atoms with van der Waals surface area (Å²) >= 11 is 0. The number of rotatable bonds is 3. The number of nitrogens with one attached hydrogen (secondary N) is 1. The molecule has 78 valence electrons. The fraction of sp³-hybridized carbons (Fsp3) is 0.455. The second-order valence-corrected chi connectivity index (χ2v) is 3.16. The molecule has 0 aliphatic heterocycles. The lowest BCUT2D eigenvalue weighted by molar-refractivity contribution is 0.390. The molecule has 1 aliphatic carbocycles. The van der Waals surface area contributed by atoms with Gasteiger partial charge in [0.05, 0.1) is 0 Å². The number of hydrogen-bond donors (Lipinski definition) is 1. The molecule has 0 fully saturated rings. The Kier molecular flexibility index (Phi) is 3.86. The Balaban J connectivity index is 2.88. The zero-order valence-corrected chi connectivity index (χ0v) is 8.48. The topological polar surface area (TPSA) is 12.0 Å². The van der Waals surface area contributed by atoms with Crippen LogP contribution in [0.3, 0.4) is 0 Å². The van der Waals surface area contributed by atoms with Gasteiger partial charge in [-0.2, -0.15) is 0 Å². The normalized spacial score (nSPS) is 22.9. The lowest BCUT2D eigenvalue weighted by Gasteiger charge is -2.15. The SMILES string of the molecule is CC/C=C(\NC)C1=CCC(F)C=C1F. The first kappa shape index (κ1) is 11.0. The van der Waals surface area contributed by atoms with Crippen molar-refractivity contribution >= 4 is 0 Å². The molecule has 1 unspecified atom stereocenters. The third-order valence-electron chi connectivity index (χ3n) is 2.10. The van der Waals surface area contributed by atoms with Gasteiger partial charge in [-0.25, -0.2) is 8.78 Å². The zero-order valence-electron chi connectivity index (χ0n) is 8.48. The van der Waals surface area contributed by atoms with E-state index in [1.807, 2.05) is 13.0 Å². The molecule has 1 aliphatic rings.